The van der Waals surface area contributed by atoms with Crippen molar-refractivity contribution in [3.8, 4) is 0 Å². The number of aromatic nitrogens is 1. The van der Waals surface area contributed by atoms with Crippen molar-refractivity contribution in [2.24, 2.45) is 0 Å². The average Bonchev–Trinajstić information content (AvgIpc) is 2.53. The number of fused-ring (bicyclic) bond motifs is 1. The van der Waals surface area contributed by atoms with E-state index in [1.54, 1.807) is 12.1 Å². The first-order valence-electron chi connectivity index (χ1n) is 7.06. The first kappa shape index (κ1) is 17.7. The number of benzene rings is 2. The molecule has 8 heteroatoms. The van der Waals surface area contributed by atoms with E-state index >= 15 is 0 Å². The van der Waals surface area contributed by atoms with Crippen LogP contribution < -0.4 is 10.7 Å². The molecule has 3 aromatic rings. The third-order valence-electron chi connectivity index (χ3n) is 3.60. The van der Waals surface area contributed by atoms with Crippen LogP contribution in [0.25, 0.3) is 10.9 Å². The lowest BCUT2D eigenvalue weighted by atomic mass is 10.1. The number of halogens is 4. The van der Waals surface area contributed by atoms with Gasteiger partial charge in [0, 0.05) is 5.02 Å². The van der Waals surface area contributed by atoms with Crippen molar-refractivity contribution >= 4 is 63.0 Å². The zero-order chi connectivity index (χ0) is 18.3. The summed E-state index contributed by atoms with van der Waals surface area (Å²) in [5, 5.41) is 3.47. The molecule has 2 N–H and O–H groups in total. The molecule has 0 radical (unpaired) electrons. The van der Waals surface area contributed by atoms with Gasteiger partial charge in [0.05, 0.1) is 26.6 Å². The summed E-state index contributed by atoms with van der Waals surface area (Å²) in [6.45, 7) is 1.22. The minimum absolute atomic E-state index is 0.0710. The Balaban J connectivity index is 2.30. The van der Waals surface area contributed by atoms with Gasteiger partial charge in [-0.1, -0.05) is 34.8 Å². The first-order chi connectivity index (χ1) is 11.8. The third-order valence-corrected chi connectivity index (χ3v) is 4.46. The smallest absolute Gasteiger partial charge is 0.205 e. The summed E-state index contributed by atoms with van der Waals surface area (Å²) in [6.07, 6.45) is 0. The minimum atomic E-state index is -0.765. The van der Waals surface area contributed by atoms with E-state index in [1.165, 1.54) is 19.1 Å². The minimum Gasteiger partial charge on any atom is -0.340 e. The van der Waals surface area contributed by atoms with Gasteiger partial charge in [0.15, 0.2) is 5.78 Å². The molecule has 0 aliphatic heterocycles. The summed E-state index contributed by atoms with van der Waals surface area (Å²) in [5.74, 6) is -1.23. The van der Waals surface area contributed by atoms with Crippen molar-refractivity contribution in [1.29, 1.82) is 0 Å². The molecular weight excluding hydrogens is 390 g/mol. The molecule has 1 aromatic heterocycles. The van der Waals surface area contributed by atoms with Gasteiger partial charge in [-0.2, -0.15) is 0 Å². The van der Waals surface area contributed by atoms with E-state index in [2.05, 4.69) is 10.3 Å². The van der Waals surface area contributed by atoms with Crippen LogP contribution in [0.2, 0.25) is 15.1 Å². The lowest BCUT2D eigenvalue weighted by Gasteiger charge is -2.14. The Kier molecular flexibility index (Phi) is 4.73. The summed E-state index contributed by atoms with van der Waals surface area (Å²) >= 11 is 18.0. The van der Waals surface area contributed by atoms with Gasteiger partial charge in [-0.25, -0.2) is 4.39 Å². The molecule has 4 nitrogen and oxygen atoms in total. The Labute approximate surface area is 156 Å². The van der Waals surface area contributed by atoms with Crippen molar-refractivity contribution in [3.05, 3.63) is 67.0 Å². The van der Waals surface area contributed by atoms with Crippen molar-refractivity contribution in [3.63, 3.8) is 0 Å². The number of pyridine rings is 1. The fraction of sp³-hybridized carbons (Fsp3) is 0.0588. The normalized spacial score (nSPS) is 10.9. The van der Waals surface area contributed by atoms with Crippen LogP contribution in [0.1, 0.15) is 17.3 Å². The number of aromatic amines is 1. The number of hydrogen-bond acceptors (Lipinski definition) is 3. The monoisotopic (exact) mass is 398 g/mol. The highest BCUT2D eigenvalue weighted by Gasteiger charge is 2.20. The maximum Gasteiger partial charge on any atom is 0.205 e. The average molecular weight is 400 g/mol. The molecule has 2 aromatic carbocycles. The second-order valence-corrected chi connectivity index (χ2v) is 6.54. The molecule has 0 bridgehead atoms. The molecule has 0 atom stereocenters. The SMILES string of the molecule is CC(=O)c1c(Nc2ccc(Cl)cc2Cl)[nH]c2c(Cl)ccc(F)c2c1=O. The lowest BCUT2D eigenvalue weighted by molar-refractivity contribution is 0.101. The van der Waals surface area contributed by atoms with Crippen molar-refractivity contribution in [2.75, 3.05) is 5.32 Å². The molecule has 0 aliphatic rings. The van der Waals surface area contributed by atoms with Crippen molar-refractivity contribution < 1.29 is 9.18 Å². The number of anilines is 2. The predicted octanol–water partition coefficient (Wildman–Crippen LogP) is 5.57. The van der Waals surface area contributed by atoms with Gasteiger partial charge in [-0.05, 0) is 37.3 Å². The largest absolute Gasteiger partial charge is 0.340 e. The third kappa shape index (κ3) is 3.23. The van der Waals surface area contributed by atoms with Crippen LogP contribution in [-0.4, -0.2) is 10.8 Å². The Morgan fingerprint density at radius 1 is 1.12 bits per heavy atom. The zero-order valence-electron chi connectivity index (χ0n) is 12.7. The Bertz CT molecular complexity index is 1080. The van der Waals surface area contributed by atoms with Gasteiger partial charge >= 0.3 is 0 Å². The van der Waals surface area contributed by atoms with Crippen LogP contribution in [0.3, 0.4) is 0 Å². The number of rotatable bonds is 3. The highest BCUT2D eigenvalue weighted by atomic mass is 35.5. The van der Waals surface area contributed by atoms with E-state index in [4.69, 9.17) is 34.8 Å². The first-order valence-corrected chi connectivity index (χ1v) is 8.20. The summed E-state index contributed by atoms with van der Waals surface area (Å²) < 4.78 is 14.1. The fourth-order valence-electron chi connectivity index (χ4n) is 2.48. The molecule has 3 rings (SSSR count). The number of hydrogen-bond donors (Lipinski definition) is 2. The summed E-state index contributed by atoms with van der Waals surface area (Å²) in [7, 11) is 0. The van der Waals surface area contributed by atoms with Crippen LogP contribution >= 0.6 is 34.8 Å². The molecule has 128 valence electrons. The molecule has 0 aliphatic carbocycles. The summed E-state index contributed by atoms with van der Waals surface area (Å²) in [5.41, 5.74) is -0.478. The van der Waals surface area contributed by atoms with Crippen LogP contribution in [0.4, 0.5) is 15.9 Å². The highest BCUT2D eigenvalue weighted by molar-refractivity contribution is 6.36. The molecule has 0 spiro atoms. The van der Waals surface area contributed by atoms with Gasteiger partial charge in [0.1, 0.15) is 17.2 Å². The zero-order valence-corrected chi connectivity index (χ0v) is 15.0. The van der Waals surface area contributed by atoms with E-state index in [0.29, 0.717) is 10.7 Å². The number of carbonyl (C=O) groups excluding carboxylic acids is 1. The van der Waals surface area contributed by atoms with Crippen molar-refractivity contribution in [2.45, 2.75) is 6.92 Å². The number of nitrogens with one attached hydrogen (secondary N) is 2. The maximum atomic E-state index is 14.1. The Hall–Kier alpha value is -2.08. The lowest BCUT2D eigenvalue weighted by Crippen LogP contribution is -2.18. The molecule has 1 heterocycles. The molecule has 0 unspecified atom stereocenters. The summed E-state index contributed by atoms with van der Waals surface area (Å²) in [6, 6.07) is 7.08. The number of carbonyl (C=O) groups is 1. The quantitative estimate of drug-likeness (QED) is 0.566. The standard InChI is InChI=1S/C17H10Cl3FN2O2/c1-7(24)13-16(25)14-11(21)4-3-9(19)15(14)23-17(13)22-12-5-2-8(18)6-10(12)20/h2-6H,1H3,(H2,22,23,25). The number of H-pyrrole nitrogens is 1. The number of ketones is 1. The van der Waals surface area contributed by atoms with Crippen LogP contribution in [-0.2, 0) is 0 Å². The van der Waals surface area contributed by atoms with E-state index in [0.717, 1.165) is 6.07 Å². The van der Waals surface area contributed by atoms with Crippen LogP contribution in [0, 0.1) is 5.82 Å². The van der Waals surface area contributed by atoms with Crippen LogP contribution in [0.5, 0.6) is 0 Å². The summed E-state index contributed by atoms with van der Waals surface area (Å²) in [4.78, 5) is 27.5. The number of Topliss-reactive ketones (excluding diaryl/α,β-unsaturated/α-hetero) is 1. The molecule has 0 saturated carbocycles. The Morgan fingerprint density at radius 2 is 1.84 bits per heavy atom. The van der Waals surface area contributed by atoms with Gasteiger partial charge in [0.25, 0.3) is 0 Å². The highest BCUT2D eigenvalue weighted by Crippen LogP contribution is 2.30. The van der Waals surface area contributed by atoms with Crippen molar-refractivity contribution in [1.82, 2.24) is 4.98 Å². The van der Waals surface area contributed by atoms with Gasteiger partial charge in [-0.3, -0.25) is 9.59 Å². The van der Waals surface area contributed by atoms with Gasteiger partial charge in [-0.15, -0.1) is 0 Å². The molecule has 0 fully saturated rings. The van der Waals surface area contributed by atoms with E-state index in [-0.39, 0.29) is 32.3 Å². The second kappa shape index (κ2) is 6.67. The fourth-order valence-corrected chi connectivity index (χ4v) is 3.14. The Morgan fingerprint density at radius 3 is 2.48 bits per heavy atom. The van der Waals surface area contributed by atoms with Crippen LogP contribution in [0.15, 0.2) is 35.1 Å². The van der Waals surface area contributed by atoms with E-state index < -0.39 is 17.0 Å². The molecule has 0 amide bonds. The van der Waals surface area contributed by atoms with Gasteiger partial charge in [0.2, 0.25) is 5.43 Å². The topological polar surface area (TPSA) is 62.0 Å². The second-order valence-electron chi connectivity index (χ2n) is 5.29. The van der Waals surface area contributed by atoms with E-state index in [1.807, 2.05) is 0 Å². The maximum absolute atomic E-state index is 14.1. The van der Waals surface area contributed by atoms with E-state index in [9.17, 15) is 14.0 Å². The molecular formula is C17H10Cl3FN2O2. The molecule has 0 saturated heterocycles. The van der Waals surface area contributed by atoms with Gasteiger partial charge < -0.3 is 10.3 Å². The predicted molar refractivity (Wildman–Crippen MR) is 99.3 cm³/mol. The molecule has 25 heavy (non-hydrogen) atoms.